The van der Waals surface area contributed by atoms with Gasteiger partial charge in [0.25, 0.3) is 5.91 Å². The zero-order valence-corrected chi connectivity index (χ0v) is 18.1. The second-order valence-electron chi connectivity index (χ2n) is 7.23. The van der Waals surface area contributed by atoms with E-state index in [1.807, 2.05) is 12.3 Å². The summed E-state index contributed by atoms with van der Waals surface area (Å²) in [6, 6.07) is 1.48. The molecule has 1 amide bonds. The van der Waals surface area contributed by atoms with E-state index >= 15 is 0 Å². The summed E-state index contributed by atoms with van der Waals surface area (Å²) >= 11 is 1.67. The van der Waals surface area contributed by atoms with Gasteiger partial charge in [-0.15, -0.1) is 11.3 Å². The average molecular weight is 425 g/mol. The van der Waals surface area contributed by atoms with E-state index in [9.17, 15) is 13.2 Å². The van der Waals surface area contributed by atoms with Crippen LogP contribution < -0.4 is 5.32 Å². The van der Waals surface area contributed by atoms with Gasteiger partial charge in [0.05, 0.1) is 5.01 Å². The topological polar surface area (TPSA) is 84.3 Å². The monoisotopic (exact) mass is 424 g/mol. The Morgan fingerprint density at radius 2 is 2.00 bits per heavy atom. The molecule has 1 aliphatic rings. The van der Waals surface area contributed by atoms with Gasteiger partial charge in [0.15, 0.2) is 0 Å². The van der Waals surface area contributed by atoms with E-state index in [-0.39, 0.29) is 10.8 Å². The molecular formula is C19H28N4O3S2. The Hall–Kier alpha value is -1.71. The lowest BCUT2D eigenvalue weighted by Crippen LogP contribution is -2.35. The summed E-state index contributed by atoms with van der Waals surface area (Å²) in [6.07, 6.45) is 7.10. The minimum atomic E-state index is -3.53. The van der Waals surface area contributed by atoms with Crippen LogP contribution in [0.15, 0.2) is 22.5 Å². The fourth-order valence-electron chi connectivity index (χ4n) is 3.37. The highest BCUT2D eigenvalue weighted by Crippen LogP contribution is 2.22. The zero-order chi connectivity index (χ0) is 20.1. The number of nitrogens with one attached hydrogen (secondary N) is 1. The normalized spacial score (nSPS) is 15.6. The van der Waals surface area contributed by atoms with Crippen LogP contribution >= 0.6 is 11.3 Å². The highest BCUT2D eigenvalue weighted by Gasteiger charge is 2.28. The van der Waals surface area contributed by atoms with E-state index in [4.69, 9.17) is 0 Å². The van der Waals surface area contributed by atoms with Gasteiger partial charge in [0.2, 0.25) is 10.0 Å². The maximum absolute atomic E-state index is 12.8. The minimum Gasteiger partial charge on any atom is -0.351 e. The predicted octanol–water partition coefficient (Wildman–Crippen LogP) is 2.72. The molecule has 0 aromatic carbocycles. The standard InChI is InChI=1S/C19H28N4O3S2/c1-15-14-27-18(21-15)8-4-5-9-20-19(24)17-12-16(13-22(17)2)28(25,26)23-10-6-3-7-11-23/h12-14H,3-11H2,1-2H3,(H,20,24). The third-order valence-electron chi connectivity index (χ3n) is 4.93. The first-order chi connectivity index (χ1) is 13.4. The van der Waals surface area contributed by atoms with Gasteiger partial charge in [0, 0.05) is 44.0 Å². The number of unbranched alkanes of at least 4 members (excludes halogenated alkanes) is 1. The fourth-order valence-corrected chi connectivity index (χ4v) is 5.77. The van der Waals surface area contributed by atoms with Gasteiger partial charge in [-0.25, -0.2) is 13.4 Å². The van der Waals surface area contributed by atoms with Crippen LogP contribution in [0.2, 0.25) is 0 Å². The molecule has 2 aromatic heterocycles. The van der Waals surface area contributed by atoms with Gasteiger partial charge in [-0.05, 0) is 45.1 Å². The third-order valence-corrected chi connectivity index (χ3v) is 7.83. The number of piperidine rings is 1. The molecule has 7 nitrogen and oxygen atoms in total. The number of carbonyl (C=O) groups is 1. The second-order valence-corrected chi connectivity index (χ2v) is 10.1. The van der Waals surface area contributed by atoms with Crippen molar-refractivity contribution in [2.24, 2.45) is 7.05 Å². The molecule has 28 heavy (non-hydrogen) atoms. The number of amides is 1. The lowest BCUT2D eigenvalue weighted by Gasteiger charge is -2.25. The van der Waals surface area contributed by atoms with Crippen molar-refractivity contribution in [3.8, 4) is 0 Å². The first-order valence-corrected chi connectivity index (χ1v) is 12.1. The Morgan fingerprint density at radius 1 is 1.25 bits per heavy atom. The van der Waals surface area contributed by atoms with E-state index in [2.05, 4.69) is 10.3 Å². The molecule has 0 bridgehead atoms. The average Bonchev–Trinajstić information content (AvgIpc) is 3.28. The van der Waals surface area contributed by atoms with Crippen LogP contribution in [0.1, 0.15) is 53.3 Å². The van der Waals surface area contributed by atoms with Crippen LogP contribution in [-0.4, -0.2) is 47.8 Å². The zero-order valence-electron chi connectivity index (χ0n) is 16.5. The fraction of sp³-hybridized carbons (Fsp3) is 0.579. The Morgan fingerprint density at radius 3 is 2.68 bits per heavy atom. The summed E-state index contributed by atoms with van der Waals surface area (Å²) in [5, 5.41) is 6.06. The van der Waals surface area contributed by atoms with Crippen molar-refractivity contribution in [2.75, 3.05) is 19.6 Å². The molecule has 1 aliphatic heterocycles. The van der Waals surface area contributed by atoms with Crippen LogP contribution in [0.4, 0.5) is 0 Å². The molecule has 0 unspecified atom stereocenters. The molecule has 154 valence electrons. The van der Waals surface area contributed by atoms with Gasteiger partial charge in [-0.3, -0.25) is 4.79 Å². The maximum atomic E-state index is 12.8. The Bertz CT molecular complexity index is 912. The molecule has 0 saturated carbocycles. The van der Waals surface area contributed by atoms with E-state index < -0.39 is 10.0 Å². The quantitative estimate of drug-likeness (QED) is 0.661. The van der Waals surface area contributed by atoms with Crippen molar-refractivity contribution in [3.63, 3.8) is 0 Å². The van der Waals surface area contributed by atoms with Crippen molar-refractivity contribution in [2.45, 2.75) is 50.3 Å². The van der Waals surface area contributed by atoms with Crippen molar-refractivity contribution in [1.29, 1.82) is 0 Å². The molecule has 3 rings (SSSR count). The SMILES string of the molecule is Cc1csc(CCCCNC(=O)c2cc(S(=O)(=O)N3CCCCC3)cn2C)n1. The number of sulfonamides is 1. The first kappa shape index (κ1) is 21.0. The van der Waals surface area contributed by atoms with Gasteiger partial charge in [0.1, 0.15) is 10.6 Å². The predicted molar refractivity (Wildman–Crippen MR) is 110 cm³/mol. The number of rotatable bonds is 8. The van der Waals surface area contributed by atoms with Crippen LogP contribution in [0.5, 0.6) is 0 Å². The van der Waals surface area contributed by atoms with Crippen molar-refractivity contribution in [3.05, 3.63) is 34.0 Å². The number of aromatic nitrogens is 2. The van der Waals surface area contributed by atoms with Crippen LogP contribution in [-0.2, 0) is 23.5 Å². The Labute approximate surface area is 170 Å². The number of hydrogen-bond acceptors (Lipinski definition) is 5. The second kappa shape index (κ2) is 9.19. The summed E-state index contributed by atoms with van der Waals surface area (Å²) in [4.78, 5) is 17.1. The van der Waals surface area contributed by atoms with Crippen LogP contribution in [0.3, 0.4) is 0 Å². The van der Waals surface area contributed by atoms with Crippen LogP contribution in [0.25, 0.3) is 0 Å². The largest absolute Gasteiger partial charge is 0.351 e. The van der Waals surface area contributed by atoms with E-state index in [0.29, 0.717) is 25.3 Å². The highest BCUT2D eigenvalue weighted by atomic mass is 32.2. The highest BCUT2D eigenvalue weighted by molar-refractivity contribution is 7.89. The number of aryl methyl sites for hydroxylation is 3. The summed E-state index contributed by atoms with van der Waals surface area (Å²) in [6.45, 7) is 3.65. The molecule has 0 atom stereocenters. The molecule has 0 radical (unpaired) electrons. The van der Waals surface area contributed by atoms with Gasteiger partial charge in [-0.1, -0.05) is 6.42 Å². The molecule has 0 spiro atoms. The van der Waals surface area contributed by atoms with E-state index in [1.165, 1.54) is 16.6 Å². The number of thiazole rings is 1. The lowest BCUT2D eigenvalue weighted by molar-refractivity contribution is 0.0945. The number of nitrogens with zero attached hydrogens (tertiary/aromatic N) is 3. The van der Waals surface area contributed by atoms with Crippen molar-refractivity contribution in [1.82, 2.24) is 19.2 Å². The van der Waals surface area contributed by atoms with Crippen molar-refractivity contribution >= 4 is 27.3 Å². The molecular weight excluding hydrogens is 396 g/mol. The molecule has 9 heteroatoms. The van der Waals surface area contributed by atoms with Crippen molar-refractivity contribution < 1.29 is 13.2 Å². The van der Waals surface area contributed by atoms with E-state index in [0.717, 1.165) is 49.2 Å². The lowest BCUT2D eigenvalue weighted by atomic mass is 10.2. The molecule has 1 fully saturated rings. The Kier molecular flexibility index (Phi) is 6.90. The maximum Gasteiger partial charge on any atom is 0.267 e. The van der Waals surface area contributed by atoms with E-state index in [1.54, 1.807) is 23.0 Å². The molecule has 1 N–H and O–H groups in total. The summed E-state index contributed by atoms with van der Waals surface area (Å²) in [5.41, 5.74) is 1.42. The third kappa shape index (κ3) is 5.01. The molecule has 0 aliphatic carbocycles. The minimum absolute atomic E-state index is 0.196. The molecule has 1 saturated heterocycles. The van der Waals surface area contributed by atoms with Crippen LogP contribution in [0, 0.1) is 6.92 Å². The number of hydrogen-bond donors (Lipinski definition) is 1. The smallest absolute Gasteiger partial charge is 0.267 e. The van der Waals surface area contributed by atoms with Gasteiger partial charge >= 0.3 is 0 Å². The molecule has 2 aromatic rings. The number of carbonyl (C=O) groups excluding carboxylic acids is 1. The summed E-state index contributed by atoms with van der Waals surface area (Å²) < 4.78 is 28.7. The van der Waals surface area contributed by atoms with Gasteiger partial charge < -0.3 is 9.88 Å². The van der Waals surface area contributed by atoms with Gasteiger partial charge in [-0.2, -0.15) is 4.31 Å². The Balaban J connectivity index is 1.52. The molecule has 3 heterocycles. The first-order valence-electron chi connectivity index (χ1n) is 9.73. The summed E-state index contributed by atoms with van der Waals surface area (Å²) in [7, 11) is -1.82. The summed E-state index contributed by atoms with van der Waals surface area (Å²) in [5.74, 6) is -0.243.